The molecule has 2 aliphatic rings. The molecule has 0 bridgehead atoms. The van der Waals surface area contributed by atoms with Gasteiger partial charge in [0.2, 0.25) is 0 Å². The summed E-state index contributed by atoms with van der Waals surface area (Å²) in [6.07, 6.45) is 0. The fraction of sp³-hybridized carbons (Fsp3) is 1.00. The fourth-order valence-corrected chi connectivity index (χ4v) is 1.12. The summed E-state index contributed by atoms with van der Waals surface area (Å²) in [5.41, 5.74) is 0. The molecular weight excluding hydrogens is 173 g/mol. The standard InChI is InChI=1S/C4H10N2.C4H9NO.FH/c1-2-6-4-3-5-1;1-3-6-4-2-5-1;/h5-6H,1-4H2;5H,1-4H2;1H. The smallest absolute Gasteiger partial charge is 0.0591 e. The molecule has 0 aromatic rings. The number of rotatable bonds is 0. The lowest BCUT2D eigenvalue weighted by Gasteiger charge is -2.11. The Hall–Kier alpha value is -0.230. The maximum Gasteiger partial charge on any atom is 0.0591 e. The van der Waals surface area contributed by atoms with Crippen LogP contribution in [-0.4, -0.2) is 52.5 Å². The summed E-state index contributed by atoms with van der Waals surface area (Å²) in [5, 5.41) is 9.60. The van der Waals surface area contributed by atoms with E-state index in [9.17, 15) is 0 Å². The van der Waals surface area contributed by atoms with E-state index in [2.05, 4.69) is 16.0 Å². The van der Waals surface area contributed by atoms with Gasteiger partial charge in [-0.15, -0.1) is 0 Å². The Morgan fingerprint density at radius 2 is 1.00 bits per heavy atom. The van der Waals surface area contributed by atoms with Gasteiger partial charge in [-0.3, -0.25) is 4.70 Å². The Balaban J connectivity index is 0.000000206. The average molecular weight is 193 g/mol. The first-order valence-corrected chi connectivity index (χ1v) is 4.70. The van der Waals surface area contributed by atoms with Crippen molar-refractivity contribution in [3.05, 3.63) is 0 Å². The van der Waals surface area contributed by atoms with Crippen LogP contribution in [0.25, 0.3) is 0 Å². The van der Waals surface area contributed by atoms with Crippen LogP contribution in [0.3, 0.4) is 0 Å². The lowest BCUT2D eigenvalue weighted by atomic mass is 10.4. The lowest BCUT2D eigenvalue weighted by molar-refractivity contribution is 0.109. The van der Waals surface area contributed by atoms with Gasteiger partial charge in [0.1, 0.15) is 0 Å². The van der Waals surface area contributed by atoms with Gasteiger partial charge in [0.05, 0.1) is 13.2 Å². The molecule has 0 radical (unpaired) electrons. The van der Waals surface area contributed by atoms with Crippen LogP contribution in [0.5, 0.6) is 0 Å². The number of halogens is 1. The summed E-state index contributed by atoms with van der Waals surface area (Å²) in [5.74, 6) is 0. The third-order valence-corrected chi connectivity index (χ3v) is 1.80. The van der Waals surface area contributed by atoms with Gasteiger partial charge in [0.15, 0.2) is 0 Å². The maximum atomic E-state index is 5.01. The van der Waals surface area contributed by atoms with E-state index in [1.54, 1.807) is 0 Å². The van der Waals surface area contributed by atoms with E-state index in [1.807, 2.05) is 0 Å². The molecule has 3 N–H and O–H groups in total. The monoisotopic (exact) mass is 193 g/mol. The number of piperazine rings is 1. The minimum absolute atomic E-state index is 0. The minimum atomic E-state index is 0. The van der Waals surface area contributed by atoms with E-state index in [0.717, 1.165) is 52.5 Å². The van der Waals surface area contributed by atoms with Crippen LogP contribution >= 0.6 is 0 Å². The van der Waals surface area contributed by atoms with Gasteiger partial charge >= 0.3 is 0 Å². The van der Waals surface area contributed by atoms with Gasteiger partial charge in [0, 0.05) is 39.3 Å². The molecule has 4 nitrogen and oxygen atoms in total. The maximum absolute atomic E-state index is 5.01. The Kier molecular flexibility index (Phi) is 9.68. The molecule has 13 heavy (non-hydrogen) atoms. The second-order valence-electron chi connectivity index (χ2n) is 2.86. The Bertz CT molecular complexity index is 62.4. The molecule has 2 saturated heterocycles. The van der Waals surface area contributed by atoms with Crippen molar-refractivity contribution < 1.29 is 9.44 Å². The van der Waals surface area contributed by atoms with Gasteiger partial charge in [0.25, 0.3) is 0 Å². The van der Waals surface area contributed by atoms with Gasteiger partial charge in [-0.2, -0.15) is 0 Å². The summed E-state index contributed by atoms with van der Waals surface area (Å²) in [6.45, 7) is 8.39. The normalized spacial score (nSPS) is 22.2. The number of nitrogens with one attached hydrogen (secondary N) is 3. The highest BCUT2D eigenvalue weighted by molar-refractivity contribution is 4.59. The van der Waals surface area contributed by atoms with E-state index in [1.165, 1.54) is 0 Å². The highest BCUT2D eigenvalue weighted by atomic mass is 19.0. The van der Waals surface area contributed by atoms with E-state index in [-0.39, 0.29) is 4.70 Å². The molecule has 80 valence electrons. The molecule has 0 unspecified atom stereocenters. The third kappa shape index (κ3) is 8.11. The SMILES string of the molecule is C1CNCCN1.C1COCCN1.F. The fourth-order valence-electron chi connectivity index (χ4n) is 1.12. The van der Waals surface area contributed by atoms with Crippen molar-refractivity contribution in [2.45, 2.75) is 0 Å². The average Bonchev–Trinajstić information content (AvgIpc) is 2.24. The molecule has 2 heterocycles. The molecule has 2 rings (SSSR count). The summed E-state index contributed by atoms with van der Waals surface area (Å²) in [7, 11) is 0. The minimum Gasteiger partial charge on any atom is -0.379 e. The zero-order valence-electron chi connectivity index (χ0n) is 7.97. The molecular formula is C8H20FN3O. The van der Waals surface area contributed by atoms with Crippen molar-refractivity contribution >= 4 is 0 Å². The van der Waals surface area contributed by atoms with Crippen LogP contribution in [0.4, 0.5) is 4.70 Å². The number of ether oxygens (including phenoxy) is 1. The third-order valence-electron chi connectivity index (χ3n) is 1.80. The highest BCUT2D eigenvalue weighted by Gasteiger charge is 1.93. The quantitative estimate of drug-likeness (QED) is 0.459. The first kappa shape index (κ1) is 12.8. The van der Waals surface area contributed by atoms with Crippen LogP contribution in [0.1, 0.15) is 0 Å². The summed E-state index contributed by atoms with van der Waals surface area (Å²) >= 11 is 0. The van der Waals surface area contributed by atoms with Gasteiger partial charge in [-0.25, -0.2) is 0 Å². The molecule has 0 atom stereocenters. The molecule has 5 heteroatoms. The Morgan fingerprint density at radius 3 is 1.15 bits per heavy atom. The van der Waals surface area contributed by atoms with Gasteiger partial charge < -0.3 is 20.7 Å². The molecule has 0 spiro atoms. The van der Waals surface area contributed by atoms with Crippen molar-refractivity contribution in [1.29, 1.82) is 0 Å². The van der Waals surface area contributed by atoms with Crippen LogP contribution in [-0.2, 0) is 4.74 Å². The van der Waals surface area contributed by atoms with Gasteiger partial charge in [-0.05, 0) is 0 Å². The van der Waals surface area contributed by atoms with E-state index < -0.39 is 0 Å². The second-order valence-corrected chi connectivity index (χ2v) is 2.86. The van der Waals surface area contributed by atoms with Crippen molar-refractivity contribution in [1.82, 2.24) is 16.0 Å². The van der Waals surface area contributed by atoms with Crippen molar-refractivity contribution in [2.75, 3.05) is 52.5 Å². The lowest BCUT2D eigenvalue weighted by Crippen LogP contribution is -2.39. The molecule has 0 amide bonds. The van der Waals surface area contributed by atoms with Crippen LogP contribution in [0.15, 0.2) is 0 Å². The highest BCUT2D eigenvalue weighted by Crippen LogP contribution is 1.76. The first-order chi connectivity index (χ1) is 6.00. The molecule has 0 saturated carbocycles. The number of hydrogen-bond donors (Lipinski definition) is 3. The Labute approximate surface area is 78.8 Å². The van der Waals surface area contributed by atoms with Gasteiger partial charge in [-0.1, -0.05) is 0 Å². The molecule has 0 aromatic carbocycles. The second kappa shape index (κ2) is 9.85. The van der Waals surface area contributed by atoms with Crippen LogP contribution in [0.2, 0.25) is 0 Å². The predicted molar refractivity (Wildman–Crippen MR) is 51.9 cm³/mol. The number of morpholine rings is 1. The van der Waals surface area contributed by atoms with Crippen LogP contribution in [0, 0.1) is 0 Å². The van der Waals surface area contributed by atoms with Crippen molar-refractivity contribution in [2.24, 2.45) is 0 Å². The Morgan fingerprint density at radius 1 is 0.615 bits per heavy atom. The summed E-state index contributed by atoms with van der Waals surface area (Å²) in [6, 6.07) is 0. The van der Waals surface area contributed by atoms with Crippen molar-refractivity contribution in [3.63, 3.8) is 0 Å². The van der Waals surface area contributed by atoms with E-state index in [4.69, 9.17) is 4.74 Å². The molecule has 0 aromatic heterocycles. The molecule has 0 aliphatic carbocycles. The summed E-state index contributed by atoms with van der Waals surface area (Å²) in [4.78, 5) is 0. The van der Waals surface area contributed by atoms with E-state index in [0.29, 0.717) is 0 Å². The first-order valence-electron chi connectivity index (χ1n) is 4.70. The largest absolute Gasteiger partial charge is 0.379 e. The summed E-state index contributed by atoms with van der Waals surface area (Å²) < 4.78 is 5.01. The number of hydrogen-bond acceptors (Lipinski definition) is 4. The van der Waals surface area contributed by atoms with E-state index >= 15 is 0 Å². The molecule has 2 aliphatic heterocycles. The van der Waals surface area contributed by atoms with Crippen molar-refractivity contribution in [3.8, 4) is 0 Å². The topological polar surface area (TPSA) is 45.3 Å². The predicted octanol–water partition coefficient (Wildman–Crippen LogP) is -1.06. The zero-order chi connectivity index (χ0) is 8.49. The zero-order valence-corrected chi connectivity index (χ0v) is 7.97. The molecule has 2 fully saturated rings. The van der Waals surface area contributed by atoms with Crippen LogP contribution < -0.4 is 16.0 Å².